The second kappa shape index (κ2) is 5.76. The van der Waals surface area contributed by atoms with Crippen molar-refractivity contribution in [3.05, 3.63) is 35.9 Å². The molecule has 2 rings (SSSR count). The molecule has 1 aromatic rings. The van der Waals surface area contributed by atoms with Gasteiger partial charge in [-0.05, 0) is 26.3 Å². The summed E-state index contributed by atoms with van der Waals surface area (Å²) in [6.07, 6.45) is -0.396. The molecule has 1 aromatic carbocycles. The molecule has 0 bridgehead atoms. The van der Waals surface area contributed by atoms with E-state index in [2.05, 4.69) is 0 Å². The molecule has 2 atom stereocenters. The topological polar surface area (TPSA) is 72.6 Å². The summed E-state index contributed by atoms with van der Waals surface area (Å²) in [5.74, 6) is -0.828. The fourth-order valence-corrected chi connectivity index (χ4v) is 2.61. The van der Waals surface area contributed by atoms with Crippen LogP contribution in [0, 0.1) is 5.92 Å². The fraction of sp³-hybridized carbons (Fsp3) is 0.500. The number of carbonyl (C=O) groups excluding carboxylic acids is 2. The highest BCUT2D eigenvalue weighted by Gasteiger charge is 2.40. The van der Waals surface area contributed by atoms with Crippen LogP contribution in [-0.4, -0.2) is 35.6 Å². The maximum Gasteiger partial charge on any atom is 0.410 e. The molecule has 2 amide bonds. The number of rotatable bonds is 2. The van der Waals surface area contributed by atoms with Crippen molar-refractivity contribution in [2.45, 2.75) is 32.3 Å². The lowest BCUT2D eigenvalue weighted by atomic mass is 9.89. The molecule has 0 unspecified atom stereocenters. The van der Waals surface area contributed by atoms with Crippen molar-refractivity contribution in [3.63, 3.8) is 0 Å². The van der Waals surface area contributed by atoms with Gasteiger partial charge in [-0.15, -0.1) is 0 Å². The number of amides is 2. The lowest BCUT2D eigenvalue weighted by Gasteiger charge is -2.24. The first-order valence-electron chi connectivity index (χ1n) is 7.10. The number of hydrogen-bond acceptors (Lipinski definition) is 3. The number of nitrogens with two attached hydrogens (primary N) is 1. The summed E-state index contributed by atoms with van der Waals surface area (Å²) in [5, 5.41) is 0. The van der Waals surface area contributed by atoms with Gasteiger partial charge in [0.15, 0.2) is 0 Å². The lowest BCUT2D eigenvalue weighted by molar-refractivity contribution is -0.121. The number of primary amides is 1. The van der Waals surface area contributed by atoms with Crippen LogP contribution >= 0.6 is 0 Å². The van der Waals surface area contributed by atoms with Crippen molar-refractivity contribution in [3.8, 4) is 0 Å². The predicted molar refractivity (Wildman–Crippen MR) is 79.7 cm³/mol. The number of nitrogens with zero attached hydrogens (tertiary/aromatic N) is 1. The quantitative estimate of drug-likeness (QED) is 0.906. The number of likely N-dealkylation sites (tertiary alicyclic amines) is 1. The number of benzene rings is 1. The lowest BCUT2D eigenvalue weighted by Crippen LogP contribution is -2.36. The van der Waals surface area contributed by atoms with Crippen LogP contribution in [0.2, 0.25) is 0 Å². The summed E-state index contributed by atoms with van der Waals surface area (Å²) in [4.78, 5) is 25.4. The van der Waals surface area contributed by atoms with Crippen LogP contribution in [0.1, 0.15) is 32.3 Å². The third-order valence-corrected chi connectivity index (χ3v) is 3.56. The molecule has 0 spiro atoms. The molecule has 1 aliphatic heterocycles. The second-order valence-electron chi connectivity index (χ2n) is 6.41. The van der Waals surface area contributed by atoms with E-state index in [1.165, 1.54) is 0 Å². The average molecular weight is 290 g/mol. The monoisotopic (exact) mass is 290 g/mol. The molecule has 1 fully saturated rings. The molecule has 114 valence electrons. The zero-order chi connectivity index (χ0) is 15.6. The van der Waals surface area contributed by atoms with Crippen LogP contribution in [-0.2, 0) is 9.53 Å². The largest absolute Gasteiger partial charge is 0.444 e. The van der Waals surface area contributed by atoms with E-state index in [0.717, 1.165) is 5.56 Å². The highest BCUT2D eigenvalue weighted by atomic mass is 16.6. The molecule has 1 aliphatic rings. The van der Waals surface area contributed by atoms with Crippen molar-refractivity contribution >= 4 is 12.0 Å². The maximum absolute atomic E-state index is 12.2. The van der Waals surface area contributed by atoms with Gasteiger partial charge in [0.25, 0.3) is 0 Å². The molecule has 1 heterocycles. The van der Waals surface area contributed by atoms with E-state index in [4.69, 9.17) is 10.5 Å². The van der Waals surface area contributed by atoms with Gasteiger partial charge >= 0.3 is 6.09 Å². The Labute approximate surface area is 125 Å². The number of hydrogen-bond donors (Lipinski definition) is 1. The normalized spacial score (nSPS) is 22.1. The van der Waals surface area contributed by atoms with Crippen LogP contribution in [0.25, 0.3) is 0 Å². The van der Waals surface area contributed by atoms with Gasteiger partial charge in [0.1, 0.15) is 5.60 Å². The van der Waals surface area contributed by atoms with E-state index >= 15 is 0 Å². The Morgan fingerprint density at radius 3 is 2.33 bits per heavy atom. The number of ether oxygens (including phenoxy) is 1. The Bertz CT molecular complexity index is 522. The Morgan fingerprint density at radius 1 is 1.19 bits per heavy atom. The van der Waals surface area contributed by atoms with Gasteiger partial charge < -0.3 is 15.4 Å². The minimum atomic E-state index is -0.551. The Hall–Kier alpha value is -2.04. The smallest absolute Gasteiger partial charge is 0.410 e. The van der Waals surface area contributed by atoms with E-state index in [-0.39, 0.29) is 17.7 Å². The maximum atomic E-state index is 12.2. The van der Waals surface area contributed by atoms with E-state index in [1.807, 2.05) is 51.1 Å². The zero-order valence-electron chi connectivity index (χ0n) is 12.7. The van der Waals surface area contributed by atoms with Crippen molar-refractivity contribution in [1.82, 2.24) is 4.90 Å². The summed E-state index contributed by atoms with van der Waals surface area (Å²) in [5.41, 5.74) is 5.97. The summed E-state index contributed by atoms with van der Waals surface area (Å²) in [6.45, 7) is 6.22. The van der Waals surface area contributed by atoms with Crippen molar-refractivity contribution in [1.29, 1.82) is 0 Å². The van der Waals surface area contributed by atoms with Gasteiger partial charge in [-0.3, -0.25) is 4.79 Å². The molecular weight excluding hydrogens is 268 g/mol. The van der Waals surface area contributed by atoms with E-state index < -0.39 is 11.7 Å². The van der Waals surface area contributed by atoms with Gasteiger partial charge in [-0.2, -0.15) is 0 Å². The Balaban J connectivity index is 2.16. The van der Waals surface area contributed by atoms with E-state index in [1.54, 1.807) is 4.90 Å². The molecule has 1 saturated heterocycles. The third kappa shape index (κ3) is 3.74. The highest BCUT2D eigenvalue weighted by Crippen LogP contribution is 2.33. The molecule has 5 nitrogen and oxygen atoms in total. The van der Waals surface area contributed by atoms with Crippen molar-refractivity contribution < 1.29 is 14.3 Å². The molecule has 0 aromatic heterocycles. The summed E-state index contributed by atoms with van der Waals surface area (Å²) >= 11 is 0. The Kier molecular flexibility index (Phi) is 4.21. The minimum absolute atomic E-state index is 0.0729. The zero-order valence-corrected chi connectivity index (χ0v) is 12.7. The second-order valence-corrected chi connectivity index (χ2v) is 6.41. The SMILES string of the molecule is CC(C)(C)OC(=O)N1C[C@H](C(N)=O)[C@H](c2ccccc2)C1. The minimum Gasteiger partial charge on any atom is -0.444 e. The van der Waals surface area contributed by atoms with Crippen LogP contribution in [0.4, 0.5) is 4.79 Å². The summed E-state index contributed by atoms with van der Waals surface area (Å²) < 4.78 is 5.37. The standard InChI is InChI=1S/C16H22N2O3/c1-16(2,3)21-15(20)18-9-12(13(10-18)14(17)19)11-7-5-4-6-8-11/h4-8,12-13H,9-10H2,1-3H3,(H2,17,19)/t12-,13-/m0/s1. The highest BCUT2D eigenvalue weighted by molar-refractivity contribution is 5.80. The van der Waals surface area contributed by atoms with Gasteiger partial charge in [0, 0.05) is 19.0 Å². The molecule has 5 heteroatoms. The van der Waals surface area contributed by atoms with E-state index in [0.29, 0.717) is 13.1 Å². The summed E-state index contributed by atoms with van der Waals surface area (Å²) in [6, 6.07) is 9.68. The molecular formula is C16H22N2O3. The van der Waals surface area contributed by atoms with E-state index in [9.17, 15) is 9.59 Å². The van der Waals surface area contributed by atoms with Gasteiger partial charge in [-0.25, -0.2) is 4.79 Å². The predicted octanol–water partition coefficient (Wildman–Crippen LogP) is 2.12. The molecule has 21 heavy (non-hydrogen) atoms. The van der Waals surface area contributed by atoms with Crippen molar-refractivity contribution in [2.24, 2.45) is 11.7 Å². The van der Waals surface area contributed by atoms with Gasteiger partial charge in [-0.1, -0.05) is 30.3 Å². The first kappa shape index (κ1) is 15.4. The molecule has 0 radical (unpaired) electrons. The van der Waals surface area contributed by atoms with Gasteiger partial charge in [0.2, 0.25) is 5.91 Å². The van der Waals surface area contributed by atoms with Crippen LogP contribution in [0.15, 0.2) is 30.3 Å². The first-order valence-corrected chi connectivity index (χ1v) is 7.10. The molecule has 2 N–H and O–H groups in total. The van der Waals surface area contributed by atoms with Crippen LogP contribution in [0.5, 0.6) is 0 Å². The fourth-order valence-electron chi connectivity index (χ4n) is 2.61. The number of carbonyl (C=O) groups is 2. The van der Waals surface area contributed by atoms with Crippen LogP contribution in [0.3, 0.4) is 0 Å². The third-order valence-electron chi connectivity index (χ3n) is 3.56. The van der Waals surface area contributed by atoms with Crippen molar-refractivity contribution in [2.75, 3.05) is 13.1 Å². The summed E-state index contributed by atoms with van der Waals surface area (Å²) in [7, 11) is 0. The van der Waals surface area contributed by atoms with Crippen LogP contribution < -0.4 is 5.73 Å². The Morgan fingerprint density at radius 2 is 1.81 bits per heavy atom. The average Bonchev–Trinajstić information content (AvgIpc) is 2.83. The molecule has 0 saturated carbocycles. The first-order chi connectivity index (χ1) is 9.78. The van der Waals surface area contributed by atoms with Gasteiger partial charge in [0.05, 0.1) is 5.92 Å². The molecule has 0 aliphatic carbocycles.